The van der Waals surface area contributed by atoms with Crippen molar-refractivity contribution in [2.75, 3.05) is 5.73 Å². The molecule has 2 heterocycles. The lowest BCUT2D eigenvalue weighted by Gasteiger charge is -2.06. The minimum absolute atomic E-state index is 0.168. The number of benzene rings is 1. The minimum Gasteiger partial charge on any atom is -0.382 e. The number of thiazole rings is 1. The van der Waals surface area contributed by atoms with E-state index in [1.54, 1.807) is 12.1 Å². The molecule has 0 bridgehead atoms. The molecule has 0 fully saturated rings. The van der Waals surface area contributed by atoms with Crippen molar-refractivity contribution in [2.45, 2.75) is 13.5 Å². The van der Waals surface area contributed by atoms with Crippen LogP contribution in [0.4, 0.5) is 5.82 Å². The van der Waals surface area contributed by atoms with Crippen LogP contribution in [0.15, 0.2) is 53.2 Å². The van der Waals surface area contributed by atoms with Crippen LogP contribution in [-0.2, 0) is 6.54 Å². The summed E-state index contributed by atoms with van der Waals surface area (Å²) in [6, 6.07) is 7.21. The van der Waals surface area contributed by atoms with Gasteiger partial charge in [0.1, 0.15) is 5.01 Å². The molecule has 0 aliphatic heterocycles. The summed E-state index contributed by atoms with van der Waals surface area (Å²) in [5.41, 5.74) is 7.44. The molecule has 3 rings (SSSR count). The Morgan fingerprint density at radius 1 is 1.39 bits per heavy atom. The molecular formula is C17H16N4OS. The van der Waals surface area contributed by atoms with E-state index in [-0.39, 0.29) is 5.56 Å². The summed E-state index contributed by atoms with van der Waals surface area (Å²) < 4.78 is 1.36. The highest BCUT2D eigenvalue weighted by Crippen LogP contribution is 2.19. The Morgan fingerprint density at radius 3 is 2.87 bits per heavy atom. The summed E-state index contributed by atoms with van der Waals surface area (Å²) in [6.45, 7) is 6.18. The Kier molecular flexibility index (Phi) is 4.08. The smallest absolute Gasteiger partial charge is 0.275 e. The number of hydrogen-bond acceptors (Lipinski definition) is 5. The largest absolute Gasteiger partial charge is 0.382 e. The number of allylic oxidation sites excluding steroid dienone is 3. The van der Waals surface area contributed by atoms with Crippen molar-refractivity contribution >= 4 is 33.5 Å². The average Bonchev–Trinajstić information content (AvgIpc) is 3.01. The molecule has 116 valence electrons. The maximum absolute atomic E-state index is 12.5. The molecule has 6 heteroatoms. The lowest BCUT2D eigenvalue weighted by atomic mass is 10.2. The summed E-state index contributed by atoms with van der Waals surface area (Å²) in [5.74, 6) is 0.343. The number of nitrogens with zero attached hydrogens (tertiary/aromatic N) is 3. The van der Waals surface area contributed by atoms with Crippen molar-refractivity contribution in [2.24, 2.45) is 0 Å². The van der Waals surface area contributed by atoms with Crippen LogP contribution in [0, 0.1) is 0 Å². The molecule has 23 heavy (non-hydrogen) atoms. The molecule has 0 atom stereocenters. The zero-order chi connectivity index (χ0) is 16.4. The van der Waals surface area contributed by atoms with Crippen molar-refractivity contribution in [1.82, 2.24) is 14.8 Å². The van der Waals surface area contributed by atoms with E-state index in [1.807, 2.05) is 36.6 Å². The van der Waals surface area contributed by atoms with Crippen molar-refractivity contribution in [3.63, 3.8) is 0 Å². The molecule has 0 spiro atoms. The van der Waals surface area contributed by atoms with Gasteiger partial charge in [-0.2, -0.15) is 5.10 Å². The summed E-state index contributed by atoms with van der Waals surface area (Å²) in [4.78, 5) is 17.0. The SMILES string of the molecule is C=C(C=CC)c1csc(Cn2nc(N)c3ccccc3c2=O)n1. The van der Waals surface area contributed by atoms with Crippen LogP contribution in [0.25, 0.3) is 16.3 Å². The average molecular weight is 324 g/mol. The summed E-state index contributed by atoms with van der Waals surface area (Å²) in [7, 11) is 0. The van der Waals surface area contributed by atoms with Crippen LogP contribution in [0.5, 0.6) is 0 Å². The first-order valence-electron chi connectivity index (χ1n) is 7.12. The standard InChI is InChI=1S/C17H16N4OS/c1-3-6-11(2)14-10-23-15(19-14)9-21-17(22)13-8-5-4-7-12(13)16(18)20-21/h3-8,10H,2,9H2,1H3,(H2,18,20). The number of hydrogen-bond donors (Lipinski definition) is 1. The van der Waals surface area contributed by atoms with E-state index in [2.05, 4.69) is 16.7 Å². The van der Waals surface area contributed by atoms with Gasteiger partial charge in [-0.05, 0) is 18.6 Å². The van der Waals surface area contributed by atoms with E-state index >= 15 is 0 Å². The van der Waals surface area contributed by atoms with Gasteiger partial charge in [0, 0.05) is 10.8 Å². The summed E-state index contributed by atoms with van der Waals surface area (Å²) >= 11 is 1.47. The molecule has 0 aliphatic rings. The third kappa shape index (κ3) is 2.93. The third-order valence-corrected chi connectivity index (χ3v) is 4.26. The van der Waals surface area contributed by atoms with Gasteiger partial charge in [0.05, 0.1) is 17.6 Å². The Morgan fingerprint density at radius 2 is 2.13 bits per heavy atom. The van der Waals surface area contributed by atoms with E-state index in [0.717, 1.165) is 16.3 Å². The maximum Gasteiger partial charge on any atom is 0.275 e. The maximum atomic E-state index is 12.5. The molecule has 0 saturated heterocycles. The van der Waals surface area contributed by atoms with Crippen molar-refractivity contribution < 1.29 is 0 Å². The molecule has 3 aromatic rings. The van der Waals surface area contributed by atoms with Gasteiger partial charge < -0.3 is 5.73 Å². The molecule has 0 radical (unpaired) electrons. The molecule has 2 aromatic heterocycles. The Hall–Kier alpha value is -2.73. The monoisotopic (exact) mass is 324 g/mol. The highest BCUT2D eigenvalue weighted by Gasteiger charge is 2.10. The number of fused-ring (bicyclic) bond motifs is 1. The van der Waals surface area contributed by atoms with Gasteiger partial charge in [0.15, 0.2) is 5.82 Å². The number of nitrogens with two attached hydrogens (primary N) is 1. The third-order valence-electron chi connectivity index (χ3n) is 3.43. The van der Waals surface area contributed by atoms with Gasteiger partial charge in [-0.1, -0.05) is 36.9 Å². The topological polar surface area (TPSA) is 73.8 Å². The van der Waals surface area contributed by atoms with Crippen LogP contribution in [0.2, 0.25) is 0 Å². The van der Waals surface area contributed by atoms with Crippen LogP contribution in [0.3, 0.4) is 0 Å². The highest BCUT2D eigenvalue weighted by molar-refractivity contribution is 7.09. The highest BCUT2D eigenvalue weighted by atomic mass is 32.1. The molecule has 1 aromatic carbocycles. The van der Waals surface area contributed by atoms with E-state index in [0.29, 0.717) is 23.1 Å². The summed E-state index contributed by atoms with van der Waals surface area (Å²) in [5, 5.41) is 8.15. The first kappa shape index (κ1) is 15.2. The predicted octanol–water partition coefficient (Wildman–Crippen LogP) is 3.07. The molecule has 2 N–H and O–H groups in total. The van der Waals surface area contributed by atoms with E-state index in [1.165, 1.54) is 16.0 Å². The lowest BCUT2D eigenvalue weighted by molar-refractivity contribution is 0.649. The number of anilines is 1. The van der Waals surface area contributed by atoms with Gasteiger partial charge in [-0.3, -0.25) is 4.79 Å². The van der Waals surface area contributed by atoms with Gasteiger partial charge >= 0.3 is 0 Å². The second-order valence-corrected chi connectivity index (χ2v) is 5.99. The molecular weight excluding hydrogens is 308 g/mol. The Bertz CT molecular complexity index is 968. The van der Waals surface area contributed by atoms with Crippen LogP contribution < -0.4 is 11.3 Å². The second-order valence-electron chi connectivity index (χ2n) is 5.05. The van der Waals surface area contributed by atoms with Crippen molar-refractivity contribution in [3.05, 3.63) is 69.4 Å². The second kappa shape index (κ2) is 6.18. The Labute approximate surface area is 137 Å². The van der Waals surface area contributed by atoms with E-state index < -0.39 is 0 Å². The lowest BCUT2D eigenvalue weighted by Crippen LogP contribution is -2.24. The quantitative estimate of drug-likeness (QED) is 0.749. The van der Waals surface area contributed by atoms with Crippen LogP contribution in [-0.4, -0.2) is 14.8 Å². The molecule has 0 amide bonds. The van der Waals surface area contributed by atoms with Crippen LogP contribution >= 0.6 is 11.3 Å². The van der Waals surface area contributed by atoms with Gasteiger partial charge in [-0.15, -0.1) is 11.3 Å². The van der Waals surface area contributed by atoms with Crippen molar-refractivity contribution in [3.8, 4) is 0 Å². The Balaban J connectivity index is 1.98. The molecule has 0 unspecified atom stereocenters. The number of aromatic nitrogens is 3. The zero-order valence-electron chi connectivity index (χ0n) is 12.7. The number of nitrogen functional groups attached to an aromatic ring is 1. The number of rotatable bonds is 4. The fourth-order valence-corrected chi connectivity index (χ4v) is 3.11. The zero-order valence-corrected chi connectivity index (χ0v) is 13.5. The normalized spacial score (nSPS) is 11.3. The molecule has 5 nitrogen and oxygen atoms in total. The molecule has 0 saturated carbocycles. The first-order valence-corrected chi connectivity index (χ1v) is 8.00. The summed E-state index contributed by atoms with van der Waals surface area (Å²) in [6.07, 6.45) is 3.81. The van der Waals surface area contributed by atoms with Gasteiger partial charge in [0.25, 0.3) is 5.56 Å². The first-order chi connectivity index (χ1) is 11.1. The van der Waals surface area contributed by atoms with Gasteiger partial charge in [0.2, 0.25) is 0 Å². The van der Waals surface area contributed by atoms with E-state index in [4.69, 9.17) is 5.73 Å². The molecule has 0 aliphatic carbocycles. The predicted molar refractivity (Wildman–Crippen MR) is 95.5 cm³/mol. The fourth-order valence-electron chi connectivity index (χ4n) is 2.31. The van der Waals surface area contributed by atoms with Crippen LogP contribution in [0.1, 0.15) is 17.6 Å². The fraction of sp³-hybridized carbons (Fsp3) is 0.118. The van der Waals surface area contributed by atoms with Crippen molar-refractivity contribution in [1.29, 1.82) is 0 Å². The van der Waals surface area contributed by atoms with Gasteiger partial charge in [-0.25, -0.2) is 9.67 Å². The van der Waals surface area contributed by atoms with E-state index in [9.17, 15) is 4.79 Å². The minimum atomic E-state index is -0.168.